The lowest BCUT2D eigenvalue weighted by Gasteiger charge is -2.25. The fourth-order valence-electron chi connectivity index (χ4n) is 3.65. The minimum Gasteiger partial charge on any atom is -0.362 e. The number of piperidine rings is 1. The van der Waals surface area contributed by atoms with E-state index in [0.717, 1.165) is 42.9 Å². The van der Waals surface area contributed by atoms with Crippen LogP contribution >= 0.6 is 0 Å². The first-order valence-corrected chi connectivity index (χ1v) is 9.41. The summed E-state index contributed by atoms with van der Waals surface area (Å²) in [5.74, 6) is 0.646. The summed E-state index contributed by atoms with van der Waals surface area (Å²) in [7, 11) is 0. The molecule has 0 spiro atoms. The van der Waals surface area contributed by atoms with Crippen LogP contribution in [0.25, 0.3) is 0 Å². The number of aromatic amines is 1. The van der Waals surface area contributed by atoms with Crippen molar-refractivity contribution in [2.75, 3.05) is 19.6 Å². The number of carbonyl (C=O) groups is 1. The van der Waals surface area contributed by atoms with Crippen LogP contribution in [-0.4, -0.2) is 35.3 Å². The van der Waals surface area contributed by atoms with E-state index in [-0.39, 0.29) is 5.78 Å². The number of ketones is 1. The Morgan fingerprint density at radius 2 is 1.79 bits per heavy atom. The largest absolute Gasteiger partial charge is 0.362 e. The normalized spacial score (nSPS) is 19.2. The van der Waals surface area contributed by atoms with E-state index in [9.17, 15) is 4.79 Å². The number of rotatable bonds is 3. The Kier molecular flexibility index (Phi) is 7.52. The van der Waals surface area contributed by atoms with Crippen molar-refractivity contribution in [2.45, 2.75) is 65.2 Å². The van der Waals surface area contributed by atoms with Crippen molar-refractivity contribution in [3.05, 3.63) is 23.0 Å². The lowest BCUT2D eigenvalue weighted by Crippen LogP contribution is -2.34. The first-order chi connectivity index (χ1) is 11.6. The van der Waals surface area contributed by atoms with E-state index in [1.807, 2.05) is 19.9 Å². The quantitative estimate of drug-likeness (QED) is 0.837. The number of nitrogens with zero attached hydrogens (tertiary/aromatic N) is 2. The zero-order valence-corrected chi connectivity index (χ0v) is 15.2. The summed E-state index contributed by atoms with van der Waals surface area (Å²) in [6.45, 7) is 6.70. The highest BCUT2D eigenvalue weighted by molar-refractivity contribution is 5.98. The Balaban J connectivity index is 0.000000219. The van der Waals surface area contributed by atoms with Crippen molar-refractivity contribution in [1.82, 2.24) is 9.88 Å². The summed E-state index contributed by atoms with van der Waals surface area (Å²) in [4.78, 5) is 17.5. The SMILES string of the molecule is Cc1cc(C(=O)CN2CCCCC2)c(C)[nH]1.N#CC1CCCCC1. The van der Waals surface area contributed by atoms with Gasteiger partial charge in [0.2, 0.25) is 0 Å². The van der Waals surface area contributed by atoms with Crippen molar-refractivity contribution in [1.29, 1.82) is 5.26 Å². The Hall–Kier alpha value is -1.60. The number of H-pyrrole nitrogens is 1. The minimum absolute atomic E-state index is 0.253. The predicted molar refractivity (Wildman–Crippen MR) is 97.1 cm³/mol. The molecule has 0 atom stereocenters. The molecule has 0 aromatic carbocycles. The molecule has 1 N–H and O–H groups in total. The molecular weight excluding hydrogens is 298 g/mol. The molecule has 0 amide bonds. The molecule has 1 saturated carbocycles. The molecule has 1 aromatic heterocycles. The standard InChI is InChI=1S/C13H20N2O.C7H11N/c1-10-8-12(11(2)14-10)13(16)9-15-6-4-3-5-7-15;8-6-7-4-2-1-3-5-7/h8,14H,3-7,9H2,1-2H3;7H,1-5H2. The van der Waals surface area contributed by atoms with Gasteiger partial charge in [-0.2, -0.15) is 5.26 Å². The summed E-state index contributed by atoms with van der Waals surface area (Å²) < 4.78 is 0. The average molecular weight is 329 g/mol. The van der Waals surface area contributed by atoms with Gasteiger partial charge in [-0.3, -0.25) is 9.69 Å². The van der Waals surface area contributed by atoms with Crippen molar-refractivity contribution in [3.63, 3.8) is 0 Å². The van der Waals surface area contributed by atoms with Gasteiger partial charge in [0.15, 0.2) is 5.78 Å². The van der Waals surface area contributed by atoms with Crippen molar-refractivity contribution >= 4 is 5.78 Å². The maximum Gasteiger partial charge on any atom is 0.178 e. The van der Waals surface area contributed by atoms with Gasteiger partial charge in [0, 0.05) is 22.9 Å². The number of likely N-dealkylation sites (tertiary alicyclic amines) is 1. The molecule has 2 heterocycles. The molecule has 2 aliphatic rings. The lowest BCUT2D eigenvalue weighted by molar-refractivity contribution is 0.0915. The summed E-state index contributed by atoms with van der Waals surface area (Å²) in [6, 6.07) is 4.26. The van der Waals surface area contributed by atoms with E-state index >= 15 is 0 Å². The maximum atomic E-state index is 12.1. The topological polar surface area (TPSA) is 59.9 Å². The highest BCUT2D eigenvalue weighted by Crippen LogP contribution is 2.22. The third kappa shape index (κ3) is 5.79. The maximum absolute atomic E-state index is 12.1. The molecule has 24 heavy (non-hydrogen) atoms. The molecule has 1 saturated heterocycles. The molecule has 1 aliphatic carbocycles. The Labute approximate surface area is 146 Å². The van der Waals surface area contributed by atoms with Crippen LogP contribution in [0.4, 0.5) is 0 Å². The second kappa shape index (κ2) is 9.64. The molecular formula is C20H31N3O. The molecule has 2 fully saturated rings. The minimum atomic E-state index is 0.253. The Morgan fingerprint density at radius 1 is 1.17 bits per heavy atom. The van der Waals surface area contributed by atoms with Crippen molar-refractivity contribution in [2.24, 2.45) is 5.92 Å². The Morgan fingerprint density at radius 3 is 2.29 bits per heavy atom. The van der Waals surface area contributed by atoms with Crippen LogP contribution in [0.5, 0.6) is 0 Å². The van der Waals surface area contributed by atoms with Crippen molar-refractivity contribution in [3.8, 4) is 6.07 Å². The summed E-state index contributed by atoms with van der Waals surface area (Å²) >= 11 is 0. The van der Waals surface area contributed by atoms with Gasteiger partial charge < -0.3 is 4.98 Å². The molecule has 4 nitrogen and oxygen atoms in total. The van der Waals surface area contributed by atoms with Gasteiger partial charge in [-0.1, -0.05) is 25.7 Å². The zero-order valence-electron chi connectivity index (χ0n) is 15.2. The predicted octanol–water partition coefficient (Wildman–Crippen LogP) is 4.39. The third-order valence-electron chi connectivity index (χ3n) is 5.05. The van der Waals surface area contributed by atoms with Gasteiger partial charge in [0.05, 0.1) is 12.6 Å². The number of aromatic nitrogens is 1. The van der Waals surface area contributed by atoms with Crippen LogP contribution in [0.2, 0.25) is 0 Å². The van der Waals surface area contributed by atoms with E-state index < -0.39 is 0 Å². The number of Topliss-reactive ketones (excluding diaryl/α,β-unsaturated/α-hetero) is 1. The molecule has 0 radical (unpaired) electrons. The van der Waals surface area contributed by atoms with Crippen molar-refractivity contribution < 1.29 is 4.79 Å². The Bertz CT molecular complexity index is 558. The van der Waals surface area contributed by atoms with Gasteiger partial charge in [-0.05, 0) is 58.7 Å². The van der Waals surface area contributed by atoms with Crippen LogP contribution in [0, 0.1) is 31.1 Å². The van der Waals surface area contributed by atoms with Gasteiger partial charge in [-0.25, -0.2) is 0 Å². The highest BCUT2D eigenvalue weighted by Gasteiger charge is 2.17. The van der Waals surface area contributed by atoms with E-state index in [4.69, 9.17) is 5.26 Å². The van der Waals surface area contributed by atoms with E-state index in [1.165, 1.54) is 38.5 Å². The molecule has 1 aromatic rings. The second-order valence-electron chi connectivity index (χ2n) is 7.22. The van der Waals surface area contributed by atoms with Gasteiger partial charge in [0.25, 0.3) is 0 Å². The van der Waals surface area contributed by atoms with E-state index in [1.54, 1.807) is 0 Å². The third-order valence-corrected chi connectivity index (χ3v) is 5.05. The number of nitrogens with one attached hydrogen (secondary N) is 1. The first kappa shape index (κ1) is 18.7. The van der Waals surface area contributed by atoms with Crippen LogP contribution in [0.3, 0.4) is 0 Å². The molecule has 4 heteroatoms. The van der Waals surface area contributed by atoms with Gasteiger partial charge >= 0.3 is 0 Å². The second-order valence-corrected chi connectivity index (χ2v) is 7.22. The molecule has 1 aliphatic heterocycles. The highest BCUT2D eigenvalue weighted by atomic mass is 16.1. The number of carbonyl (C=O) groups excluding carboxylic acids is 1. The molecule has 132 valence electrons. The number of aryl methyl sites for hydroxylation is 2. The summed E-state index contributed by atoms with van der Waals surface area (Å²) in [5.41, 5.74) is 2.93. The zero-order chi connectivity index (χ0) is 17.4. The van der Waals surface area contributed by atoms with E-state index in [0.29, 0.717) is 12.5 Å². The number of hydrogen-bond donors (Lipinski definition) is 1. The molecule has 0 unspecified atom stereocenters. The smallest absolute Gasteiger partial charge is 0.178 e. The average Bonchev–Trinajstić information content (AvgIpc) is 2.95. The first-order valence-electron chi connectivity index (χ1n) is 9.41. The van der Waals surface area contributed by atoms with Crippen LogP contribution < -0.4 is 0 Å². The summed E-state index contributed by atoms with van der Waals surface area (Å²) in [6.07, 6.45) is 9.98. The fourth-order valence-corrected chi connectivity index (χ4v) is 3.65. The van der Waals surface area contributed by atoms with Crippen LogP contribution in [-0.2, 0) is 0 Å². The number of nitriles is 1. The molecule has 3 rings (SSSR count). The number of hydrogen-bond acceptors (Lipinski definition) is 3. The van der Waals surface area contributed by atoms with Gasteiger partial charge in [-0.15, -0.1) is 0 Å². The molecule has 0 bridgehead atoms. The fraction of sp³-hybridized carbons (Fsp3) is 0.700. The summed E-state index contributed by atoms with van der Waals surface area (Å²) in [5, 5.41) is 8.44. The van der Waals surface area contributed by atoms with Crippen LogP contribution in [0.15, 0.2) is 6.07 Å². The lowest BCUT2D eigenvalue weighted by atomic mass is 9.91. The monoisotopic (exact) mass is 329 g/mol. The van der Waals surface area contributed by atoms with E-state index in [2.05, 4.69) is 16.0 Å². The van der Waals surface area contributed by atoms with Gasteiger partial charge in [0.1, 0.15) is 0 Å². The van der Waals surface area contributed by atoms with Crippen LogP contribution in [0.1, 0.15) is 73.1 Å².